The summed E-state index contributed by atoms with van der Waals surface area (Å²) < 4.78 is 13.6. The SMILES string of the molecule is [2H][C@@H]1C=CC[C@@H]2c3ccccc3O[C@H]12. The minimum absolute atomic E-state index is 0.0393. The summed E-state index contributed by atoms with van der Waals surface area (Å²) in [5.41, 5.74) is 1.28. The Balaban J connectivity index is 2.04. The molecule has 0 unspecified atom stereocenters. The van der Waals surface area contributed by atoms with Crippen LogP contribution in [0.1, 0.15) is 25.7 Å². The van der Waals surface area contributed by atoms with Gasteiger partial charge in [0.15, 0.2) is 0 Å². The van der Waals surface area contributed by atoms with Crippen molar-refractivity contribution >= 4 is 0 Å². The molecular formula is C12H12O. The third-order valence-corrected chi connectivity index (χ3v) is 2.80. The van der Waals surface area contributed by atoms with Gasteiger partial charge >= 0.3 is 0 Å². The van der Waals surface area contributed by atoms with Crippen molar-refractivity contribution in [2.24, 2.45) is 0 Å². The van der Waals surface area contributed by atoms with Crippen molar-refractivity contribution in [1.29, 1.82) is 0 Å². The normalized spacial score (nSPS) is 36.0. The van der Waals surface area contributed by atoms with Crippen molar-refractivity contribution in [3.8, 4) is 5.75 Å². The van der Waals surface area contributed by atoms with Crippen molar-refractivity contribution < 1.29 is 6.11 Å². The molecule has 0 bridgehead atoms. The number of allylic oxidation sites excluding steroid dienone is 1. The van der Waals surface area contributed by atoms with Crippen molar-refractivity contribution in [1.82, 2.24) is 0 Å². The van der Waals surface area contributed by atoms with E-state index in [0.717, 1.165) is 12.2 Å². The Morgan fingerprint density at radius 2 is 2.23 bits per heavy atom. The second kappa shape index (κ2) is 2.63. The molecule has 0 spiro atoms. The summed E-state index contributed by atoms with van der Waals surface area (Å²) in [6.07, 6.45) is 4.88. The summed E-state index contributed by atoms with van der Waals surface area (Å²) in [5, 5.41) is 0. The van der Waals surface area contributed by atoms with Gasteiger partial charge in [-0.15, -0.1) is 0 Å². The Morgan fingerprint density at radius 3 is 3.23 bits per heavy atom. The highest BCUT2D eigenvalue weighted by molar-refractivity contribution is 5.42. The zero-order valence-corrected chi connectivity index (χ0v) is 7.31. The molecule has 3 rings (SSSR count). The molecule has 0 fully saturated rings. The molecule has 0 saturated heterocycles. The summed E-state index contributed by atoms with van der Waals surface area (Å²) in [6, 6.07) is 8.15. The lowest BCUT2D eigenvalue weighted by atomic mass is 9.87. The van der Waals surface area contributed by atoms with Gasteiger partial charge in [0.2, 0.25) is 0 Å². The minimum atomic E-state index is -0.207. The Morgan fingerprint density at radius 1 is 1.31 bits per heavy atom. The van der Waals surface area contributed by atoms with E-state index in [4.69, 9.17) is 6.11 Å². The molecule has 1 heterocycles. The lowest BCUT2D eigenvalue weighted by Gasteiger charge is -2.19. The van der Waals surface area contributed by atoms with Gasteiger partial charge in [-0.05, 0) is 12.5 Å². The fourth-order valence-electron chi connectivity index (χ4n) is 2.15. The van der Waals surface area contributed by atoms with Gasteiger partial charge in [-0.3, -0.25) is 0 Å². The highest BCUT2D eigenvalue weighted by Crippen LogP contribution is 2.43. The Labute approximate surface area is 79.4 Å². The molecule has 1 heteroatoms. The van der Waals surface area contributed by atoms with E-state index in [1.54, 1.807) is 0 Å². The van der Waals surface area contributed by atoms with E-state index in [-0.39, 0.29) is 12.5 Å². The van der Waals surface area contributed by atoms with Crippen LogP contribution in [0, 0.1) is 0 Å². The van der Waals surface area contributed by atoms with Gasteiger partial charge in [0, 0.05) is 19.2 Å². The topological polar surface area (TPSA) is 9.23 Å². The van der Waals surface area contributed by atoms with Crippen molar-refractivity contribution in [2.45, 2.75) is 24.8 Å². The molecule has 2 aliphatic rings. The quantitative estimate of drug-likeness (QED) is 0.548. The number of fused-ring (bicyclic) bond motifs is 3. The summed E-state index contributed by atoms with van der Waals surface area (Å²) in [4.78, 5) is 0. The summed E-state index contributed by atoms with van der Waals surface area (Å²) in [7, 11) is 0. The molecular weight excluding hydrogens is 160 g/mol. The summed E-state index contributed by atoms with van der Waals surface area (Å²) in [6.45, 7) is 0. The minimum Gasteiger partial charge on any atom is -0.489 e. The van der Waals surface area contributed by atoms with Gasteiger partial charge in [-0.1, -0.05) is 30.4 Å². The summed E-state index contributed by atoms with van der Waals surface area (Å²) >= 11 is 0. The third-order valence-electron chi connectivity index (χ3n) is 2.80. The fourth-order valence-corrected chi connectivity index (χ4v) is 2.15. The number of rotatable bonds is 0. The van der Waals surface area contributed by atoms with Crippen molar-refractivity contribution in [3.63, 3.8) is 0 Å². The molecule has 1 aliphatic heterocycles. The second-order valence-electron chi connectivity index (χ2n) is 3.58. The molecule has 0 saturated carbocycles. The van der Waals surface area contributed by atoms with Crippen LogP contribution >= 0.6 is 0 Å². The average molecular weight is 173 g/mol. The first kappa shape index (κ1) is 6.25. The first-order valence-corrected chi connectivity index (χ1v) is 4.71. The van der Waals surface area contributed by atoms with Crippen LogP contribution in [0.5, 0.6) is 5.75 Å². The molecule has 0 N–H and O–H groups in total. The highest BCUT2D eigenvalue weighted by Gasteiger charge is 2.33. The monoisotopic (exact) mass is 173 g/mol. The van der Waals surface area contributed by atoms with Gasteiger partial charge < -0.3 is 4.74 Å². The largest absolute Gasteiger partial charge is 0.489 e. The number of para-hydroxylation sites is 1. The third kappa shape index (κ3) is 0.998. The Hall–Kier alpha value is -1.24. The molecule has 1 aromatic rings. The molecule has 0 aromatic heterocycles. The maximum Gasteiger partial charge on any atom is 0.123 e. The number of hydrogen-bond donors (Lipinski definition) is 0. The standard InChI is InChI=1S/C12H12O/c1-3-7-11-9(5-1)10-6-2-4-8-12(10)13-11/h1-5,7,10,12H,6,8H2/t10-,12-/m1/s1/i8D/t8-,10-,12-. The van der Waals surface area contributed by atoms with Gasteiger partial charge in [0.1, 0.15) is 11.9 Å². The Kier molecular flexibility index (Phi) is 1.26. The van der Waals surface area contributed by atoms with Crippen LogP contribution in [0.15, 0.2) is 36.4 Å². The van der Waals surface area contributed by atoms with E-state index in [0.29, 0.717) is 5.92 Å². The number of ether oxygens (including phenoxy) is 1. The molecule has 13 heavy (non-hydrogen) atoms. The molecule has 0 amide bonds. The molecule has 1 aromatic carbocycles. The maximum absolute atomic E-state index is 7.86. The maximum atomic E-state index is 7.86. The van der Waals surface area contributed by atoms with E-state index in [2.05, 4.69) is 12.1 Å². The smallest absolute Gasteiger partial charge is 0.123 e. The van der Waals surface area contributed by atoms with E-state index >= 15 is 0 Å². The Bertz CT molecular complexity index is 386. The predicted octanol–water partition coefficient (Wildman–Crippen LogP) is 2.88. The lowest BCUT2D eigenvalue weighted by molar-refractivity contribution is 0.204. The zero-order chi connectivity index (χ0) is 9.54. The van der Waals surface area contributed by atoms with Crippen LogP contribution in [0.2, 0.25) is 0 Å². The molecule has 1 aliphatic carbocycles. The molecule has 3 atom stereocenters. The zero-order valence-electron chi connectivity index (χ0n) is 8.31. The van der Waals surface area contributed by atoms with Crippen LogP contribution in [-0.4, -0.2) is 6.10 Å². The van der Waals surface area contributed by atoms with Gasteiger partial charge in [0.05, 0.1) is 0 Å². The number of hydrogen-bond acceptors (Lipinski definition) is 1. The molecule has 66 valence electrons. The van der Waals surface area contributed by atoms with E-state index in [9.17, 15) is 0 Å². The van der Waals surface area contributed by atoms with E-state index in [1.807, 2.05) is 24.3 Å². The van der Waals surface area contributed by atoms with E-state index in [1.165, 1.54) is 5.56 Å². The lowest BCUT2D eigenvalue weighted by Crippen LogP contribution is -2.19. The molecule has 1 nitrogen and oxygen atoms in total. The summed E-state index contributed by atoms with van der Waals surface area (Å²) in [5.74, 6) is 1.38. The fraction of sp³-hybridized carbons (Fsp3) is 0.333. The molecule has 0 radical (unpaired) electrons. The van der Waals surface area contributed by atoms with Gasteiger partial charge in [0.25, 0.3) is 0 Å². The van der Waals surface area contributed by atoms with Crippen LogP contribution in [-0.2, 0) is 0 Å². The number of benzene rings is 1. The van der Waals surface area contributed by atoms with Crippen molar-refractivity contribution in [3.05, 3.63) is 42.0 Å². The predicted molar refractivity (Wildman–Crippen MR) is 52.0 cm³/mol. The van der Waals surface area contributed by atoms with Crippen LogP contribution < -0.4 is 4.74 Å². The second-order valence-corrected chi connectivity index (χ2v) is 3.58. The first-order chi connectivity index (χ1) is 6.86. The van der Waals surface area contributed by atoms with Gasteiger partial charge in [-0.2, -0.15) is 0 Å². The van der Waals surface area contributed by atoms with Crippen LogP contribution in [0.25, 0.3) is 0 Å². The average Bonchev–Trinajstić information content (AvgIpc) is 2.59. The van der Waals surface area contributed by atoms with Gasteiger partial charge in [-0.25, -0.2) is 0 Å². The highest BCUT2D eigenvalue weighted by atomic mass is 16.5. The first-order valence-electron chi connectivity index (χ1n) is 5.28. The van der Waals surface area contributed by atoms with Crippen LogP contribution in [0.4, 0.5) is 0 Å². The van der Waals surface area contributed by atoms with E-state index < -0.39 is 0 Å². The van der Waals surface area contributed by atoms with Crippen molar-refractivity contribution in [2.75, 3.05) is 0 Å². The van der Waals surface area contributed by atoms with Crippen LogP contribution in [0.3, 0.4) is 0 Å².